The van der Waals surface area contributed by atoms with Crippen molar-refractivity contribution in [3.05, 3.63) is 102 Å². The van der Waals surface area contributed by atoms with Gasteiger partial charge in [0.15, 0.2) is 0 Å². The zero-order chi connectivity index (χ0) is 19.1. The Bertz CT molecular complexity index is 799. The van der Waals surface area contributed by atoms with Crippen LogP contribution in [-0.4, -0.2) is 28.9 Å². The van der Waals surface area contributed by atoms with Crippen molar-refractivity contribution in [3.63, 3.8) is 0 Å². The molecule has 1 heterocycles. The highest BCUT2D eigenvalue weighted by Gasteiger charge is 2.28. The molecule has 0 radical (unpaired) electrons. The predicted molar refractivity (Wildman–Crippen MR) is 106 cm³/mol. The summed E-state index contributed by atoms with van der Waals surface area (Å²) in [6.45, 7) is 2.20. The summed E-state index contributed by atoms with van der Waals surface area (Å²) in [5, 5.41) is 0. The van der Waals surface area contributed by atoms with Crippen molar-refractivity contribution in [2.75, 3.05) is 7.05 Å². The van der Waals surface area contributed by atoms with Gasteiger partial charge in [0.05, 0.1) is 18.3 Å². The monoisotopic (exact) mass is 360 g/mol. The number of amides is 1. The van der Waals surface area contributed by atoms with Crippen molar-refractivity contribution < 1.29 is 9.53 Å². The molecule has 0 aliphatic rings. The number of carbonyl (C=O) groups excluding carboxylic acids is 1. The van der Waals surface area contributed by atoms with Gasteiger partial charge in [-0.3, -0.25) is 9.78 Å². The largest absolute Gasteiger partial charge is 0.364 e. The van der Waals surface area contributed by atoms with Gasteiger partial charge in [0.1, 0.15) is 6.10 Å². The summed E-state index contributed by atoms with van der Waals surface area (Å²) in [4.78, 5) is 19.2. The van der Waals surface area contributed by atoms with E-state index in [-0.39, 0.29) is 11.9 Å². The van der Waals surface area contributed by atoms with E-state index in [4.69, 9.17) is 4.74 Å². The maximum absolute atomic E-state index is 13.0. The van der Waals surface area contributed by atoms with Crippen LogP contribution >= 0.6 is 0 Å². The molecule has 0 bridgehead atoms. The number of hydrogen-bond acceptors (Lipinski definition) is 3. The van der Waals surface area contributed by atoms with E-state index in [2.05, 4.69) is 4.98 Å². The van der Waals surface area contributed by atoms with Gasteiger partial charge in [0.25, 0.3) is 5.91 Å². The van der Waals surface area contributed by atoms with Gasteiger partial charge in [0.2, 0.25) is 0 Å². The van der Waals surface area contributed by atoms with Crippen molar-refractivity contribution in [3.8, 4) is 0 Å². The van der Waals surface area contributed by atoms with Gasteiger partial charge in [-0.25, -0.2) is 0 Å². The molecule has 1 aromatic heterocycles. The lowest BCUT2D eigenvalue weighted by molar-refractivity contribution is -0.143. The second-order valence-electron chi connectivity index (χ2n) is 6.46. The molecule has 1 amide bonds. The zero-order valence-corrected chi connectivity index (χ0v) is 15.7. The van der Waals surface area contributed by atoms with Crippen LogP contribution in [0.15, 0.2) is 85.1 Å². The highest BCUT2D eigenvalue weighted by molar-refractivity contribution is 5.81. The van der Waals surface area contributed by atoms with Crippen LogP contribution in [0.5, 0.6) is 0 Å². The normalized spacial score (nSPS) is 13.0. The molecule has 4 nitrogen and oxygen atoms in total. The van der Waals surface area contributed by atoms with E-state index < -0.39 is 6.10 Å². The van der Waals surface area contributed by atoms with Crippen LogP contribution < -0.4 is 0 Å². The predicted octanol–water partition coefficient (Wildman–Crippen LogP) is 4.23. The molecule has 138 valence electrons. The number of benzene rings is 2. The highest BCUT2D eigenvalue weighted by Crippen LogP contribution is 2.26. The molecular formula is C23H24N2O2. The Kier molecular flexibility index (Phi) is 6.34. The van der Waals surface area contributed by atoms with Gasteiger partial charge in [-0.1, -0.05) is 66.7 Å². The summed E-state index contributed by atoms with van der Waals surface area (Å²) in [6.07, 6.45) is 1.20. The third-order valence-electron chi connectivity index (χ3n) is 4.51. The topological polar surface area (TPSA) is 42.4 Å². The third kappa shape index (κ3) is 4.80. The Morgan fingerprint density at radius 2 is 1.59 bits per heavy atom. The third-order valence-corrected chi connectivity index (χ3v) is 4.51. The van der Waals surface area contributed by atoms with Crippen molar-refractivity contribution in [2.45, 2.75) is 25.7 Å². The molecule has 2 aromatic carbocycles. The number of ether oxygens (including phenoxy) is 1. The highest BCUT2D eigenvalue weighted by atomic mass is 16.5. The van der Waals surface area contributed by atoms with Crippen LogP contribution in [0, 0.1) is 0 Å². The molecule has 2 atom stereocenters. The number of aromatic nitrogens is 1. The Labute approximate surface area is 160 Å². The van der Waals surface area contributed by atoms with E-state index in [1.165, 1.54) is 0 Å². The van der Waals surface area contributed by atoms with Crippen LogP contribution in [0.4, 0.5) is 0 Å². The summed E-state index contributed by atoms with van der Waals surface area (Å²) in [5.41, 5.74) is 2.89. The minimum atomic E-state index is -0.551. The lowest BCUT2D eigenvalue weighted by atomic mass is 10.0. The van der Waals surface area contributed by atoms with E-state index >= 15 is 0 Å². The lowest BCUT2D eigenvalue weighted by Crippen LogP contribution is -2.39. The second kappa shape index (κ2) is 9.10. The second-order valence-corrected chi connectivity index (χ2v) is 6.46. The van der Waals surface area contributed by atoms with Crippen LogP contribution in [-0.2, 0) is 16.1 Å². The standard InChI is InChI=1S/C23H24N2O2/c1-18(27-17-19-11-5-3-6-12-19)23(26)25(2)22(20-13-7-4-8-14-20)21-15-9-10-16-24-21/h3-16,18,22H,17H2,1-2H3. The number of hydrogen-bond donors (Lipinski definition) is 0. The van der Waals surface area contributed by atoms with E-state index in [0.29, 0.717) is 6.61 Å². The summed E-state index contributed by atoms with van der Waals surface area (Å²) in [5.74, 6) is -0.0783. The average molecular weight is 360 g/mol. The SMILES string of the molecule is CC(OCc1ccccc1)C(=O)N(C)C(c1ccccc1)c1ccccn1. The molecule has 0 aliphatic heterocycles. The molecule has 3 aromatic rings. The molecule has 0 spiro atoms. The summed E-state index contributed by atoms with van der Waals surface area (Å²) >= 11 is 0. The number of carbonyl (C=O) groups is 1. The molecule has 0 aliphatic carbocycles. The van der Waals surface area contributed by atoms with Crippen LogP contribution in [0.1, 0.15) is 29.8 Å². The van der Waals surface area contributed by atoms with Crippen LogP contribution in [0.25, 0.3) is 0 Å². The smallest absolute Gasteiger partial charge is 0.252 e. The first-order valence-corrected chi connectivity index (χ1v) is 9.05. The van der Waals surface area contributed by atoms with Crippen molar-refractivity contribution in [2.24, 2.45) is 0 Å². The molecule has 2 unspecified atom stereocenters. The number of nitrogens with zero attached hydrogens (tertiary/aromatic N) is 2. The van der Waals surface area contributed by atoms with Crippen molar-refractivity contribution >= 4 is 5.91 Å². The molecule has 3 rings (SSSR count). The van der Waals surface area contributed by atoms with E-state index in [0.717, 1.165) is 16.8 Å². The Morgan fingerprint density at radius 3 is 2.22 bits per heavy atom. The fraction of sp³-hybridized carbons (Fsp3) is 0.217. The molecule has 0 saturated heterocycles. The lowest BCUT2D eigenvalue weighted by Gasteiger charge is -2.30. The Hall–Kier alpha value is -2.98. The van der Waals surface area contributed by atoms with E-state index in [1.54, 1.807) is 25.1 Å². The Morgan fingerprint density at radius 1 is 0.963 bits per heavy atom. The van der Waals surface area contributed by atoms with Gasteiger partial charge in [-0.2, -0.15) is 0 Å². The first-order valence-electron chi connectivity index (χ1n) is 9.05. The minimum Gasteiger partial charge on any atom is -0.364 e. The number of likely N-dealkylation sites (N-methyl/N-ethyl adjacent to an activating group) is 1. The molecule has 27 heavy (non-hydrogen) atoms. The van der Waals surface area contributed by atoms with Crippen LogP contribution in [0.2, 0.25) is 0 Å². The number of rotatable bonds is 7. The van der Waals surface area contributed by atoms with E-state index in [9.17, 15) is 4.79 Å². The maximum atomic E-state index is 13.0. The molecule has 0 N–H and O–H groups in total. The van der Waals surface area contributed by atoms with Gasteiger partial charge in [0, 0.05) is 13.2 Å². The van der Waals surface area contributed by atoms with Gasteiger partial charge < -0.3 is 9.64 Å². The molecular weight excluding hydrogens is 336 g/mol. The van der Waals surface area contributed by atoms with Crippen molar-refractivity contribution in [1.82, 2.24) is 9.88 Å². The summed E-state index contributed by atoms with van der Waals surface area (Å²) in [7, 11) is 1.80. The molecule has 0 fully saturated rings. The fourth-order valence-corrected chi connectivity index (χ4v) is 3.05. The van der Waals surface area contributed by atoms with E-state index in [1.807, 2.05) is 78.9 Å². The van der Waals surface area contributed by atoms with Crippen LogP contribution in [0.3, 0.4) is 0 Å². The first-order chi connectivity index (χ1) is 13.2. The quantitative estimate of drug-likeness (QED) is 0.633. The number of pyridine rings is 1. The summed E-state index contributed by atoms with van der Waals surface area (Å²) < 4.78 is 5.82. The first kappa shape index (κ1) is 18.8. The molecule has 4 heteroatoms. The fourth-order valence-electron chi connectivity index (χ4n) is 3.05. The maximum Gasteiger partial charge on any atom is 0.252 e. The Balaban J connectivity index is 1.77. The average Bonchev–Trinajstić information content (AvgIpc) is 2.74. The van der Waals surface area contributed by atoms with Crippen molar-refractivity contribution in [1.29, 1.82) is 0 Å². The minimum absolute atomic E-state index is 0.0783. The summed E-state index contributed by atoms with van der Waals surface area (Å²) in [6, 6.07) is 25.3. The zero-order valence-electron chi connectivity index (χ0n) is 15.7. The van der Waals surface area contributed by atoms with Gasteiger partial charge in [-0.05, 0) is 30.2 Å². The van der Waals surface area contributed by atoms with Gasteiger partial charge >= 0.3 is 0 Å². The van der Waals surface area contributed by atoms with Gasteiger partial charge in [-0.15, -0.1) is 0 Å². The molecule has 0 saturated carbocycles.